The summed E-state index contributed by atoms with van der Waals surface area (Å²) < 4.78 is 34.7. The highest BCUT2D eigenvalue weighted by molar-refractivity contribution is 7.92. The number of sulfonamides is 1. The zero-order valence-corrected chi connectivity index (χ0v) is 15.2. The van der Waals surface area contributed by atoms with E-state index in [1.165, 1.54) is 19.2 Å². The van der Waals surface area contributed by atoms with Gasteiger partial charge in [0.05, 0.1) is 17.7 Å². The third-order valence-electron chi connectivity index (χ3n) is 4.02. The summed E-state index contributed by atoms with van der Waals surface area (Å²) in [7, 11) is -2.18. The van der Waals surface area contributed by atoms with E-state index < -0.39 is 10.0 Å². The van der Waals surface area contributed by atoms with E-state index in [1.807, 2.05) is 28.9 Å². The topological polar surface area (TPSA) is 85.6 Å². The Labute approximate surface area is 156 Å². The van der Waals surface area contributed by atoms with Gasteiger partial charge in [-0.1, -0.05) is 12.1 Å². The van der Waals surface area contributed by atoms with Gasteiger partial charge >= 0.3 is 0 Å². The molecule has 0 bridgehead atoms. The third-order valence-corrected chi connectivity index (χ3v) is 5.41. The van der Waals surface area contributed by atoms with Crippen LogP contribution in [0.3, 0.4) is 0 Å². The Morgan fingerprint density at radius 3 is 2.63 bits per heavy atom. The standard InChI is InChI=1S/C19H16N4O3S/c1-26-16-6-8-17(9-7-16)27(24,25)22-15-5-2-4-14(12-15)18-13-23-11-3-10-20-19(23)21-18/h2-13,22H,1H3. The van der Waals surface area contributed by atoms with Gasteiger partial charge < -0.3 is 4.74 Å². The van der Waals surface area contributed by atoms with Crippen LogP contribution in [0.5, 0.6) is 5.75 Å². The lowest BCUT2D eigenvalue weighted by Gasteiger charge is -2.09. The third kappa shape index (κ3) is 3.47. The number of ether oxygens (including phenoxy) is 1. The van der Waals surface area contributed by atoms with Crippen molar-refractivity contribution < 1.29 is 13.2 Å². The van der Waals surface area contributed by atoms with Crippen molar-refractivity contribution in [3.05, 3.63) is 73.2 Å². The van der Waals surface area contributed by atoms with E-state index in [4.69, 9.17) is 4.74 Å². The lowest BCUT2D eigenvalue weighted by Crippen LogP contribution is -2.12. The fourth-order valence-electron chi connectivity index (χ4n) is 2.68. The first-order valence-corrected chi connectivity index (χ1v) is 9.60. The molecule has 0 radical (unpaired) electrons. The summed E-state index contributed by atoms with van der Waals surface area (Å²) in [5.41, 5.74) is 1.95. The number of nitrogens with one attached hydrogen (secondary N) is 1. The van der Waals surface area contributed by atoms with Gasteiger partial charge in [-0.05, 0) is 42.5 Å². The maximum atomic E-state index is 12.6. The van der Waals surface area contributed by atoms with Gasteiger partial charge in [0.1, 0.15) is 5.75 Å². The minimum atomic E-state index is -3.71. The van der Waals surface area contributed by atoms with Crippen LogP contribution in [-0.4, -0.2) is 29.9 Å². The van der Waals surface area contributed by atoms with E-state index in [-0.39, 0.29) is 4.90 Å². The molecular formula is C19H16N4O3S. The predicted octanol–water partition coefficient (Wildman–Crippen LogP) is 3.21. The smallest absolute Gasteiger partial charge is 0.261 e. The second-order valence-electron chi connectivity index (χ2n) is 5.81. The van der Waals surface area contributed by atoms with Gasteiger partial charge in [-0.3, -0.25) is 9.12 Å². The Morgan fingerprint density at radius 1 is 1.07 bits per heavy atom. The molecule has 0 aliphatic carbocycles. The maximum absolute atomic E-state index is 12.6. The number of imidazole rings is 1. The number of hydrogen-bond donors (Lipinski definition) is 1. The lowest BCUT2D eigenvalue weighted by molar-refractivity contribution is 0.414. The molecule has 0 spiro atoms. The molecule has 136 valence electrons. The van der Waals surface area contributed by atoms with Crippen LogP contribution in [0.25, 0.3) is 17.0 Å². The van der Waals surface area contributed by atoms with Crippen molar-refractivity contribution in [2.45, 2.75) is 4.90 Å². The molecule has 0 saturated carbocycles. The summed E-state index contributed by atoms with van der Waals surface area (Å²) in [5.74, 6) is 1.17. The van der Waals surface area contributed by atoms with Gasteiger partial charge in [0.25, 0.3) is 10.0 Å². The molecule has 0 atom stereocenters. The molecule has 0 aliphatic heterocycles. The van der Waals surface area contributed by atoms with Crippen molar-refractivity contribution in [1.82, 2.24) is 14.4 Å². The van der Waals surface area contributed by atoms with Crippen LogP contribution in [0.2, 0.25) is 0 Å². The Bertz CT molecular complexity index is 1170. The second-order valence-corrected chi connectivity index (χ2v) is 7.50. The number of benzene rings is 2. The first-order chi connectivity index (χ1) is 13.0. The van der Waals surface area contributed by atoms with E-state index in [2.05, 4.69) is 14.7 Å². The fourth-order valence-corrected chi connectivity index (χ4v) is 3.73. The fraction of sp³-hybridized carbons (Fsp3) is 0.0526. The van der Waals surface area contributed by atoms with E-state index in [9.17, 15) is 8.42 Å². The summed E-state index contributed by atoms with van der Waals surface area (Å²) in [6.45, 7) is 0. The quantitative estimate of drug-likeness (QED) is 0.575. The van der Waals surface area contributed by atoms with Crippen molar-refractivity contribution in [2.24, 2.45) is 0 Å². The molecule has 0 unspecified atom stereocenters. The number of aromatic nitrogens is 3. The molecule has 0 fully saturated rings. The molecule has 8 heteroatoms. The minimum Gasteiger partial charge on any atom is -0.497 e. The average Bonchev–Trinajstić information content (AvgIpc) is 3.12. The molecule has 0 aliphatic rings. The molecule has 7 nitrogen and oxygen atoms in total. The summed E-state index contributed by atoms with van der Waals surface area (Å²) >= 11 is 0. The van der Waals surface area contributed by atoms with Gasteiger partial charge in [0, 0.05) is 29.8 Å². The van der Waals surface area contributed by atoms with Crippen molar-refractivity contribution in [2.75, 3.05) is 11.8 Å². The van der Waals surface area contributed by atoms with E-state index in [1.54, 1.807) is 36.5 Å². The number of hydrogen-bond acceptors (Lipinski definition) is 5. The molecular weight excluding hydrogens is 364 g/mol. The zero-order valence-electron chi connectivity index (χ0n) is 14.4. The predicted molar refractivity (Wildman–Crippen MR) is 102 cm³/mol. The van der Waals surface area contributed by atoms with Crippen LogP contribution in [0.15, 0.2) is 78.1 Å². The molecule has 4 aromatic rings. The molecule has 1 N–H and O–H groups in total. The van der Waals surface area contributed by atoms with Crippen LogP contribution < -0.4 is 9.46 Å². The lowest BCUT2D eigenvalue weighted by atomic mass is 10.1. The zero-order chi connectivity index (χ0) is 18.9. The highest BCUT2D eigenvalue weighted by Crippen LogP contribution is 2.24. The Hall–Kier alpha value is -3.39. The highest BCUT2D eigenvalue weighted by atomic mass is 32.2. The number of methoxy groups -OCH3 is 1. The number of nitrogens with zero attached hydrogens (tertiary/aromatic N) is 3. The van der Waals surface area contributed by atoms with Crippen LogP contribution >= 0.6 is 0 Å². The van der Waals surface area contributed by atoms with Crippen molar-refractivity contribution in [3.63, 3.8) is 0 Å². The van der Waals surface area contributed by atoms with Gasteiger partial charge in [0.2, 0.25) is 5.78 Å². The average molecular weight is 380 g/mol. The van der Waals surface area contributed by atoms with Crippen molar-refractivity contribution in [1.29, 1.82) is 0 Å². The van der Waals surface area contributed by atoms with Crippen LogP contribution in [0.4, 0.5) is 5.69 Å². The Kier molecular flexibility index (Phi) is 4.25. The number of anilines is 1. The number of fused-ring (bicyclic) bond motifs is 1. The first kappa shape index (κ1) is 17.0. The molecule has 0 amide bonds. The van der Waals surface area contributed by atoms with Crippen molar-refractivity contribution >= 4 is 21.5 Å². The first-order valence-electron chi connectivity index (χ1n) is 8.12. The number of rotatable bonds is 5. The maximum Gasteiger partial charge on any atom is 0.261 e. The van der Waals surface area contributed by atoms with E-state index >= 15 is 0 Å². The Balaban J connectivity index is 1.63. The minimum absolute atomic E-state index is 0.158. The second kappa shape index (κ2) is 6.73. The highest BCUT2D eigenvalue weighted by Gasteiger charge is 2.15. The molecule has 27 heavy (non-hydrogen) atoms. The van der Waals surface area contributed by atoms with Gasteiger partial charge in [-0.25, -0.2) is 18.4 Å². The molecule has 4 rings (SSSR count). The Morgan fingerprint density at radius 2 is 1.89 bits per heavy atom. The largest absolute Gasteiger partial charge is 0.497 e. The summed E-state index contributed by atoms with van der Waals surface area (Å²) in [4.78, 5) is 8.81. The summed E-state index contributed by atoms with van der Waals surface area (Å²) in [6, 6.07) is 15.1. The molecule has 2 heterocycles. The van der Waals surface area contributed by atoms with E-state index in [0.29, 0.717) is 22.9 Å². The molecule has 2 aromatic carbocycles. The van der Waals surface area contributed by atoms with Gasteiger partial charge in [-0.15, -0.1) is 0 Å². The molecule has 0 saturated heterocycles. The van der Waals surface area contributed by atoms with Crippen LogP contribution in [0.1, 0.15) is 0 Å². The van der Waals surface area contributed by atoms with Crippen LogP contribution in [-0.2, 0) is 10.0 Å². The summed E-state index contributed by atoms with van der Waals surface area (Å²) in [5, 5.41) is 0. The normalized spacial score (nSPS) is 11.4. The van der Waals surface area contributed by atoms with Gasteiger partial charge in [0.15, 0.2) is 0 Å². The van der Waals surface area contributed by atoms with Gasteiger partial charge in [-0.2, -0.15) is 0 Å². The summed E-state index contributed by atoms with van der Waals surface area (Å²) in [6.07, 6.45) is 5.38. The SMILES string of the molecule is COc1ccc(S(=O)(=O)Nc2cccc(-c3cn4cccnc4n3)c2)cc1. The van der Waals surface area contributed by atoms with Crippen molar-refractivity contribution in [3.8, 4) is 17.0 Å². The monoisotopic (exact) mass is 380 g/mol. The van der Waals surface area contributed by atoms with E-state index in [0.717, 1.165) is 5.56 Å². The van der Waals surface area contributed by atoms with Crippen LogP contribution in [0, 0.1) is 0 Å². The molecule has 2 aromatic heterocycles.